The van der Waals surface area contributed by atoms with Crippen molar-refractivity contribution in [3.8, 4) is 16.9 Å². The SMILES string of the molecule is FCC/C=C/C1CCC(c2ccc(-c3ccc(OC(F)(F)F)c(F)c3)cc2)CC1. The van der Waals surface area contributed by atoms with Gasteiger partial charge >= 0.3 is 6.36 Å². The molecule has 0 amide bonds. The summed E-state index contributed by atoms with van der Waals surface area (Å²) in [7, 11) is 0. The molecule has 0 spiro atoms. The lowest BCUT2D eigenvalue weighted by molar-refractivity contribution is -0.275. The summed E-state index contributed by atoms with van der Waals surface area (Å²) < 4.78 is 66.5. The third-order valence-electron chi connectivity index (χ3n) is 5.33. The largest absolute Gasteiger partial charge is 0.573 e. The molecule has 0 bridgehead atoms. The van der Waals surface area contributed by atoms with Crippen molar-refractivity contribution in [2.24, 2.45) is 5.92 Å². The Hall–Kier alpha value is -2.37. The predicted molar refractivity (Wildman–Crippen MR) is 103 cm³/mol. The van der Waals surface area contributed by atoms with Crippen LogP contribution in [0.3, 0.4) is 0 Å². The minimum atomic E-state index is -4.92. The van der Waals surface area contributed by atoms with Crippen LogP contribution in [0.15, 0.2) is 54.6 Å². The maximum absolute atomic E-state index is 13.9. The van der Waals surface area contributed by atoms with Crippen LogP contribution in [-0.2, 0) is 0 Å². The zero-order chi connectivity index (χ0) is 20.9. The normalized spacial score (nSPS) is 20.2. The van der Waals surface area contributed by atoms with E-state index >= 15 is 0 Å². The lowest BCUT2D eigenvalue weighted by Crippen LogP contribution is -2.17. The van der Waals surface area contributed by atoms with Gasteiger partial charge in [-0.25, -0.2) is 4.39 Å². The first-order valence-electron chi connectivity index (χ1n) is 9.74. The lowest BCUT2D eigenvalue weighted by Gasteiger charge is -2.27. The first-order chi connectivity index (χ1) is 13.9. The monoisotopic (exact) mass is 410 g/mol. The van der Waals surface area contributed by atoms with E-state index in [0.717, 1.165) is 43.4 Å². The average Bonchev–Trinajstić information content (AvgIpc) is 2.69. The zero-order valence-electron chi connectivity index (χ0n) is 15.9. The molecule has 0 N–H and O–H groups in total. The quantitative estimate of drug-likeness (QED) is 0.352. The Balaban J connectivity index is 1.63. The van der Waals surface area contributed by atoms with Crippen molar-refractivity contribution in [2.45, 2.75) is 44.4 Å². The molecule has 29 heavy (non-hydrogen) atoms. The number of alkyl halides is 4. The Kier molecular flexibility index (Phi) is 6.93. The summed E-state index contributed by atoms with van der Waals surface area (Å²) in [6.07, 6.45) is 3.85. The number of allylic oxidation sites excluding steroid dienone is 2. The Morgan fingerprint density at radius 2 is 1.59 bits per heavy atom. The van der Waals surface area contributed by atoms with Crippen LogP contribution in [0.5, 0.6) is 5.75 Å². The second-order valence-electron chi connectivity index (χ2n) is 7.33. The van der Waals surface area contributed by atoms with E-state index in [9.17, 15) is 22.0 Å². The molecule has 0 aromatic heterocycles. The van der Waals surface area contributed by atoms with Crippen molar-refractivity contribution in [3.63, 3.8) is 0 Å². The lowest BCUT2D eigenvalue weighted by atomic mass is 9.78. The number of benzene rings is 2. The molecule has 156 valence electrons. The van der Waals surface area contributed by atoms with Crippen molar-refractivity contribution in [1.29, 1.82) is 0 Å². The van der Waals surface area contributed by atoms with Gasteiger partial charge in [0.1, 0.15) is 0 Å². The second kappa shape index (κ2) is 9.42. The van der Waals surface area contributed by atoms with Crippen LogP contribution in [0, 0.1) is 11.7 Å². The molecule has 0 heterocycles. The molecule has 2 aromatic rings. The van der Waals surface area contributed by atoms with Crippen LogP contribution < -0.4 is 4.74 Å². The standard InChI is InChI=1S/C23H23F5O/c24-14-2-1-3-16-4-6-17(7-5-16)18-8-10-19(11-9-18)20-12-13-22(21(25)15-20)29-23(26,27)28/h1,3,8-13,15-17H,2,4-7,14H2/b3-1+. The van der Waals surface area contributed by atoms with Crippen LogP contribution in [-0.4, -0.2) is 13.0 Å². The number of hydrogen-bond acceptors (Lipinski definition) is 1. The molecule has 1 aliphatic carbocycles. The summed E-state index contributed by atoms with van der Waals surface area (Å²) in [4.78, 5) is 0. The second-order valence-corrected chi connectivity index (χ2v) is 7.33. The van der Waals surface area contributed by atoms with Crippen LogP contribution in [0.1, 0.15) is 43.6 Å². The molecule has 0 atom stereocenters. The van der Waals surface area contributed by atoms with Gasteiger partial charge in [-0.3, -0.25) is 4.39 Å². The topological polar surface area (TPSA) is 9.23 Å². The van der Waals surface area contributed by atoms with E-state index in [2.05, 4.69) is 10.8 Å². The maximum atomic E-state index is 13.9. The molecule has 1 fully saturated rings. The first kappa shape index (κ1) is 21.3. The van der Waals surface area contributed by atoms with Crippen molar-refractivity contribution >= 4 is 0 Å². The highest BCUT2D eigenvalue weighted by Crippen LogP contribution is 2.37. The fraction of sp³-hybridized carbons (Fsp3) is 0.391. The van der Waals surface area contributed by atoms with Crippen LogP contribution in [0.4, 0.5) is 22.0 Å². The van der Waals surface area contributed by atoms with Gasteiger partial charge < -0.3 is 4.74 Å². The number of rotatable bonds is 6. The van der Waals surface area contributed by atoms with Gasteiger partial charge in [-0.05, 0) is 72.8 Å². The van der Waals surface area contributed by atoms with Gasteiger partial charge in [0.2, 0.25) is 0 Å². The van der Waals surface area contributed by atoms with Gasteiger partial charge in [-0.1, -0.05) is 42.5 Å². The van der Waals surface area contributed by atoms with Crippen molar-refractivity contribution in [3.05, 3.63) is 66.0 Å². The zero-order valence-corrected chi connectivity index (χ0v) is 15.9. The molecule has 0 aliphatic heterocycles. The Bertz CT molecular complexity index is 818. The van der Waals surface area contributed by atoms with E-state index in [-0.39, 0.29) is 6.67 Å². The molecule has 1 aliphatic rings. The summed E-state index contributed by atoms with van der Waals surface area (Å²) in [5.41, 5.74) is 2.43. The summed E-state index contributed by atoms with van der Waals surface area (Å²) in [6, 6.07) is 11.2. The highest BCUT2D eigenvalue weighted by molar-refractivity contribution is 5.64. The number of halogens is 5. The summed E-state index contributed by atoms with van der Waals surface area (Å²) >= 11 is 0. The Morgan fingerprint density at radius 1 is 0.931 bits per heavy atom. The Morgan fingerprint density at radius 3 is 2.17 bits per heavy atom. The van der Waals surface area contributed by atoms with Crippen LogP contribution in [0.25, 0.3) is 11.1 Å². The molecule has 2 aromatic carbocycles. The molecule has 3 rings (SSSR count). The van der Waals surface area contributed by atoms with Crippen molar-refractivity contribution in [2.75, 3.05) is 6.67 Å². The Labute approximate surface area is 167 Å². The van der Waals surface area contributed by atoms with E-state index < -0.39 is 17.9 Å². The fourth-order valence-corrected chi connectivity index (χ4v) is 3.83. The molecular formula is C23H23F5O. The van der Waals surface area contributed by atoms with E-state index in [0.29, 0.717) is 23.8 Å². The van der Waals surface area contributed by atoms with Gasteiger partial charge in [0.15, 0.2) is 11.6 Å². The number of ether oxygens (including phenoxy) is 1. The molecule has 0 radical (unpaired) electrons. The minimum absolute atomic E-state index is 0.319. The average molecular weight is 410 g/mol. The third-order valence-corrected chi connectivity index (χ3v) is 5.33. The van der Waals surface area contributed by atoms with Gasteiger partial charge in [0.05, 0.1) is 6.67 Å². The summed E-state index contributed by atoms with van der Waals surface area (Å²) in [6.45, 7) is -0.319. The number of hydrogen-bond donors (Lipinski definition) is 0. The molecule has 6 heteroatoms. The van der Waals surface area contributed by atoms with E-state index in [1.54, 1.807) is 0 Å². The highest BCUT2D eigenvalue weighted by Gasteiger charge is 2.32. The van der Waals surface area contributed by atoms with Gasteiger partial charge in [0, 0.05) is 0 Å². The maximum Gasteiger partial charge on any atom is 0.573 e. The van der Waals surface area contributed by atoms with E-state index in [4.69, 9.17) is 0 Å². The van der Waals surface area contributed by atoms with E-state index in [1.165, 1.54) is 11.6 Å². The van der Waals surface area contributed by atoms with Gasteiger partial charge in [0.25, 0.3) is 0 Å². The molecule has 0 unspecified atom stereocenters. The van der Waals surface area contributed by atoms with Gasteiger partial charge in [-0.15, -0.1) is 13.2 Å². The predicted octanol–water partition coefficient (Wildman–Crippen LogP) is 7.58. The fourth-order valence-electron chi connectivity index (χ4n) is 3.83. The minimum Gasteiger partial charge on any atom is -0.403 e. The summed E-state index contributed by atoms with van der Waals surface area (Å²) in [5, 5.41) is 0. The first-order valence-corrected chi connectivity index (χ1v) is 9.74. The third kappa shape index (κ3) is 6.05. The van der Waals surface area contributed by atoms with E-state index in [1.807, 2.05) is 30.3 Å². The highest BCUT2D eigenvalue weighted by atomic mass is 19.4. The van der Waals surface area contributed by atoms with Gasteiger partial charge in [-0.2, -0.15) is 0 Å². The van der Waals surface area contributed by atoms with Crippen molar-refractivity contribution < 1.29 is 26.7 Å². The molecule has 0 saturated heterocycles. The molecule has 1 nitrogen and oxygen atoms in total. The summed E-state index contributed by atoms with van der Waals surface area (Å²) in [5.74, 6) is -0.926. The molecule has 1 saturated carbocycles. The molecular weight excluding hydrogens is 387 g/mol. The van der Waals surface area contributed by atoms with Crippen LogP contribution in [0.2, 0.25) is 0 Å². The smallest absolute Gasteiger partial charge is 0.403 e. The van der Waals surface area contributed by atoms with Crippen molar-refractivity contribution in [1.82, 2.24) is 0 Å². The van der Waals surface area contributed by atoms with Crippen LogP contribution >= 0.6 is 0 Å².